The van der Waals surface area contributed by atoms with Crippen LogP contribution in [0.25, 0.3) is 6.08 Å². The first-order valence-corrected chi connectivity index (χ1v) is 11.6. The fourth-order valence-electron chi connectivity index (χ4n) is 3.50. The lowest BCUT2D eigenvalue weighted by atomic mass is 10.1. The quantitative estimate of drug-likeness (QED) is 0.344. The number of rotatable bonds is 7. The highest BCUT2D eigenvalue weighted by Gasteiger charge is 2.35. The Morgan fingerprint density at radius 2 is 1.85 bits per heavy atom. The summed E-state index contributed by atoms with van der Waals surface area (Å²) in [6.07, 6.45) is 1.63. The lowest BCUT2D eigenvalue weighted by Gasteiger charge is -2.13. The van der Waals surface area contributed by atoms with Crippen molar-refractivity contribution in [1.82, 2.24) is 4.90 Å². The van der Waals surface area contributed by atoms with Crippen LogP contribution in [0.3, 0.4) is 0 Å². The number of methoxy groups -OCH3 is 1. The third-order valence-electron chi connectivity index (χ3n) is 5.22. The van der Waals surface area contributed by atoms with Crippen molar-refractivity contribution in [2.24, 2.45) is 0 Å². The monoisotopic (exact) mass is 497 g/mol. The van der Waals surface area contributed by atoms with E-state index in [1.165, 1.54) is 24.1 Å². The molecule has 2 amide bonds. The van der Waals surface area contributed by atoms with Gasteiger partial charge in [0.05, 0.1) is 23.6 Å². The van der Waals surface area contributed by atoms with Gasteiger partial charge in [-0.25, -0.2) is 4.39 Å². The number of aryl methyl sites for hydroxylation is 1. The number of hydrogen-bond donors (Lipinski definition) is 0. The Hall–Kier alpha value is -3.29. The average Bonchev–Trinajstić information content (AvgIpc) is 3.06. The Balaban J connectivity index is 1.54. The van der Waals surface area contributed by atoms with Crippen LogP contribution >= 0.6 is 23.4 Å². The van der Waals surface area contributed by atoms with Crippen LogP contribution in [-0.2, 0) is 17.9 Å². The van der Waals surface area contributed by atoms with Crippen LogP contribution in [-0.4, -0.2) is 23.2 Å². The fraction of sp³-hybridized carbons (Fsp3) is 0.154. The summed E-state index contributed by atoms with van der Waals surface area (Å²) in [4.78, 5) is 26.9. The van der Waals surface area contributed by atoms with Crippen molar-refractivity contribution in [2.45, 2.75) is 20.1 Å². The number of halogens is 2. The molecule has 0 N–H and O–H groups in total. The summed E-state index contributed by atoms with van der Waals surface area (Å²) in [5, 5.41) is -0.0608. The van der Waals surface area contributed by atoms with Crippen LogP contribution in [0.5, 0.6) is 11.5 Å². The molecule has 0 aromatic heterocycles. The number of thioether (sulfide) groups is 1. The van der Waals surface area contributed by atoms with Crippen LogP contribution in [0.1, 0.15) is 22.3 Å². The highest BCUT2D eigenvalue weighted by atomic mass is 35.5. The Labute approximate surface area is 206 Å². The third-order valence-corrected chi connectivity index (χ3v) is 6.48. The van der Waals surface area contributed by atoms with E-state index in [4.69, 9.17) is 21.1 Å². The molecule has 0 aliphatic carbocycles. The van der Waals surface area contributed by atoms with E-state index in [1.54, 1.807) is 30.3 Å². The van der Waals surface area contributed by atoms with Crippen LogP contribution < -0.4 is 9.47 Å². The van der Waals surface area contributed by atoms with Gasteiger partial charge in [-0.15, -0.1) is 0 Å². The number of imide groups is 1. The SMILES string of the molecule is COc1ccc(/C=C2/SC(=O)N(Cc3cccc(C)c3)C2=O)cc1OCc1c(F)cccc1Cl. The van der Waals surface area contributed by atoms with Crippen LogP contribution in [0, 0.1) is 12.7 Å². The number of amides is 2. The van der Waals surface area contributed by atoms with Gasteiger partial charge < -0.3 is 9.47 Å². The third kappa shape index (κ3) is 5.26. The Morgan fingerprint density at radius 1 is 1.06 bits per heavy atom. The molecule has 174 valence electrons. The molecule has 8 heteroatoms. The van der Waals surface area contributed by atoms with Gasteiger partial charge in [0.1, 0.15) is 12.4 Å². The number of carbonyl (C=O) groups excluding carboxylic acids is 2. The van der Waals surface area contributed by atoms with Crippen LogP contribution in [0.15, 0.2) is 65.6 Å². The second kappa shape index (κ2) is 10.3. The molecule has 3 aromatic carbocycles. The summed E-state index contributed by atoms with van der Waals surface area (Å²) in [6, 6.07) is 17.2. The maximum atomic E-state index is 14.1. The molecule has 1 fully saturated rings. The zero-order valence-corrected chi connectivity index (χ0v) is 20.1. The number of nitrogens with zero attached hydrogens (tertiary/aromatic N) is 1. The second-order valence-electron chi connectivity index (χ2n) is 7.66. The Bertz CT molecular complexity index is 1270. The minimum atomic E-state index is -0.468. The molecule has 1 heterocycles. The van der Waals surface area contributed by atoms with Crippen LogP contribution in [0.4, 0.5) is 9.18 Å². The largest absolute Gasteiger partial charge is 0.493 e. The molecule has 1 aliphatic rings. The van der Waals surface area contributed by atoms with E-state index in [2.05, 4.69) is 0 Å². The average molecular weight is 498 g/mol. The standard InChI is InChI=1S/C26H21ClFNO4S/c1-16-5-3-6-18(11-16)14-29-25(30)24(34-26(29)31)13-17-9-10-22(32-2)23(12-17)33-15-19-20(27)7-4-8-21(19)28/h3-13H,14-15H2,1-2H3/b24-13+. The van der Waals surface area contributed by atoms with Crippen LogP contribution in [0.2, 0.25) is 5.02 Å². The topological polar surface area (TPSA) is 55.8 Å². The van der Waals surface area contributed by atoms with Crippen molar-refractivity contribution in [3.8, 4) is 11.5 Å². The van der Waals surface area contributed by atoms with Crippen molar-refractivity contribution in [3.63, 3.8) is 0 Å². The molecular weight excluding hydrogens is 477 g/mol. The predicted molar refractivity (Wildman–Crippen MR) is 131 cm³/mol. The van der Waals surface area contributed by atoms with E-state index in [1.807, 2.05) is 31.2 Å². The normalized spacial score (nSPS) is 14.7. The molecule has 4 rings (SSSR count). The molecule has 0 atom stereocenters. The lowest BCUT2D eigenvalue weighted by Crippen LogP contribution is -2.27. The summed E-state index contributed by atoms with van der Waals surface area (Å²) in [6.45, 7) is 2.07. The summed E-state index contributed by atoms with van der Waals surface area (Å²) in [5.74, 6) is -0.0236. The first kappa shape index (κ1) is 23.9. The van der Waals surface area contributed by atoms with Crippen molar-refractivity contribution >= 4 is 40.6 Å². The minimum absolute atomic E-state index is 0.0989. The lowest BCUT2D eigenvalue weighted by molar-refractivity contribution is -0.123. The molecule has 34 heavy (non-hydrogen) atoms. The van der Waals surface area contributed by atoms with Crippen molar-refractivity contribution in [2.75, 3.05) is 7.11 Å². The zero-order valence-electron chi connectivity index (χ0n) is 18.5. The van der Waals surface area contributed by atoms with Crippen molar-refractivity contribution < 1.29 is 23.5 Å². The van der Waals surface area contributed by atoms with E-state index >= 15 is 0 Å². The van der Waals surface area contributed by atoms with Gasteiger partial charge in [-0.1, -0.05) is 53.6 Å². The van der Waals surface area contributed by atoms with Gasteiger partial charge in [0.2, 0.25) is 0 Å². The predicted octanol–water partition coefficient (Wildman–Crippen LogP) is 6.61. The first-order chi connectivity index (χ1) is 16.4. The summed E-state index contributed by atoms with van der Waals surface area (Å²) in [7, 11) is 1.49. The molecule has 0 bridgehead atoms. The molecule has 3 aromatic rings. The molecule has 0 saturated carbocycles. The van der Waals surface area contributed by atoms with Crippen molar-refractivity contribution in [1.29, 1.82) is 0 Å². The maximum Gasteiger partial charge on any atom is 0.293 e. The van der Waals surface area contributed by atoms with E-state index in [0.29, 0.717) is 22.0 Å². The first-order valence-electron chi connectivity index (χ1n) is 10.4. The molecule has 0 spiro atoms. The van der Waals surface area contributed by atoms with Gasteiger partial charge in [0.25, 0.3) is 11.1 Å². The van der Waals surface area contributed by atoms with Gasteiger partial charge in [-0.3, -0.25) is 14.5 Å². The number of carbonyl (C=O) groups is 2. The zero-order chi connectivity index (χ0) is 24.2. The summed E-state index contributed by atoms with van der Waals surface area (Å²) >= 11 is 6.98. The minimum Gasteiger partial charge on any atom is -0.493 e. The molecular formula is C26H21ClFNO4S. The van der Waals surface area contributed by atoms with Gasteiger partial charge in [-0.2, -0.15) is 0 Å². The number of benzene rings is 3. The second-order valence-corrected chi connectivity index (χ2v) is 9.06. The van der Waals surface area contributed by atoms with E-state index in [-0.39, 0.29) is 34.9 Å². The van der Waals surface area contributed by atoms with Gasteiger partial charge >= 0.3 is 0 Å². The fourth-order valence-corrected chi connectivity index (χ4v) is 4.55. The molecule has 1 saturated heterocycles. The van der Waals surface area contributed by atoms with Gasteiger partial charge in [0, 0.05) is 5.56 Å². The highest BCUT2D eigenvalue weighted by Crippen LogP contribution is 2.36. The summed E-state index contributed by atoms with van der Waals surface area (Å²) in [5.41, 5.74) is 2.81. The van der Waals surface area contributed by atoms with E-state index in [9.17, 15) is 14.0 Å². The van der Waals surface area contributed by atoms with Gasteiger partial charge in [-0.05, 0) is 60.2 Å². The molecule has 5 nitrogen and oxygen atoms in total. The van der Waals surface area contributed by atoms with E-state index in [0.717, 1.165) is 22.9 Å². The molecule has 0 radical (unpaired) electrons. The smallest absolute Gasteiger partial charge is 0.293 e. The number of hydrogen-bond acceptors (Lipinski definition) is 5. The van der Waals surface area contributed by atoms with Gasteiger partial charge in [0.15, 0.2) is 11.5 Å². The van der Waals surface area contributed by atoms with E-state index < -0.39 is 5.82 Å². The Kier molecular flexibility index (Phi) is 7.24. The highest BCUT2D eigenvalue weighted by molar-refractivity contribution is 8.18. The molecule has 1 aliphatic heterocycles. The van der Waals surface area contributed by atoms with Crippen molar-refractivity contribution in [3.05, 3.63) is 98.7 Å². The maximum absolute atomic E-state index is 14.1. The molecule has 0 unspecified atom stereocenters. The Morgan fingerprint density at radius 3 is 2.59 bits per heavy atom. The number of ether oxygens (including phenoxy) is 2. The summed E-state index contributed by atoms with van der Waals surface area (Å²) < 4.78 is 25.2.